The van der Waals surface area contributed by atoms with Crippen LogP contribution in [-0.2, 0) is 22.7 Å². The predicted octanol–water partition coefficient (Wildman–Crippen LogP) is 3.09. The molecule has 1 atom stereocenters. The Morgan fingerprint density at radius 1 is 1.07 bits per heavy atom. The fourth-order valence-corrected chi connectivity index (χ4v) is 3.69. The van der Waals surface area contributed by atoms with Crippen LogP contribution in [0.4, 0.5) is 0 Å². The smallest absolute Gasteiger partial charge is 0.243 e. The Hall–Kier alpha value is -1.88. The third-order valence-corrected chi connectivity index (χ3v) is 5.28. The number of benzene rings is 1. The van der Waals surface area contributed by atoms with Crippen molar-refractivity contribution in [3.63, 3.8) is 0 Å². The highest BCUT2D eigenvalue weighted by atomic mass is 16.2. The average molecular weight is 374 g/mol. The molecule has 0 aromatic heterocycles. The van der Waals surface area contributed by atoms with Crippen molar-refractivity contribution in [3.05, 3.63) is 35.4 Å². The molecule has 1 saturated carbocycles. The molecule has 0 spiro atoms. The van der Waals surface area contributed by atoms with Gasteiger partial charge in [0.15, 0.2) is 0 Å². The van der Waals surface area contributed by atoms with Gasteiger partial charge in [0.1, 0.15) is 6.04 Å². The van der Waals surface area contributed by atoms with Crippen molar-refractivity contribution in [3.8, 4) is 0 Å². The molecule has 5 heteroatoms. The molecule has 2 N–H and O–H groups in total. The van der Waals surface area contributed by atoms with Gasteiger partial charge in [0, 0.05) is 19.0 Å². The van der Waals surface area contributed by atoms with Gasteiger partial charge in [-0.05, 0) is 44.0 Å². The van der Waals surface area contributed by atoms with Crippen LogP contribution in [0.1, 0.15) is 57.1 Å². The predicted molar refractivity (Wildman–Crippen MR) is 109 cm³/mol. The quantitative estimate of drug-likeness (QED) is 0.736. The molecule has 0 aliphatic heterocycles. The summed E-state index contributed by atoms with van der Waals surface area (Å²) in [6.45, 7) is 5.26. The number of carbonyl (C=O) groups is 2. The molecular formula is C22H35N3O2. The van der Waals surface area contributed by atoms with Crippen LogP contribution >= 0.6 is 0 Å². The maximum Gasteiger partial charge on any atom is 0.243 e. The van der Waals surface area contributed by atoms with Crippen LogP contribution in [0.2, 0.25) is 0 Å². The van der Waals surface area contributed by atoms with Crippen molar-refractivity contribution in [1.82, 2.24) is 15.5 Å². The Labute approximate surface area is 163 Å². The Morgan fingerprint density at radius 3 is 2.30 bits per heavy atom. The highest BCUT2D eigenvalue weighted by Crippen LogP contribution is 2.24. The Morgan fingerprint density at radius 2 is 1.70 bits per heavy atom. The molecule has 2 rings (SSSR count). The molecule has 1 fully saturated rings. The molecule has 1 aliphatic rings. The van der Waals surface area contributed by atoms with Crippen LogP contribution in [0.3, 0.4) is 0 Å². The van der Waals surface area contributed by atoms with Gasteiger partial charge in [0.05, 0.1) is 0 Å². The first-order valence-electron chi connectivity index (χ1n) is 10.2. The molecule has 1 aromatic rings. The lowest BCUT2D eigenvalue weighted by Crippen LogP contribution is -2.51. The molecule has 0 heterocycles. The van der Waals surface area contributed by atoms with Gasteiger partial charge < -0.3 is 15.5 Å². The fourth-order valence-electron chi connectivity index (χ4n) is 3.69. The summed E-state index contributed by atoms with van der Waals surface area (Å²) in [4.78, 5) is 27.5. The lowest BCUT2D eigenvalue weighted by atomic mass is 9.88. The van der Waals surface area contributed by atoms with E-state index in [1.54, 1.807) is 0 Å². The average Bonchev–Trinajstić information content (AvgIpc) is 2.65. The monoisotopic (exact) mass is 373 g/mol. The molecule has 150 valence electrons. The van der Waals surface area contributed by atoms with Crippen molar-refractivity contribution in [2.24, 2.45) is 11.8 Å². The zero-order valence-corrected chi connectivity index (χ0v) is 17.3. The SMILES string of the molecule is CC(C)[C@@H](NC(=O)C1CCCCC1)C(=O)NCc1ccccc1CN(C)C. The van der Waals surface area contributed by atoms with Gasteiger partial charge in [-0.25, -0.2) is 0 Å². The van der Waals surface area contributed by atoms with Crippen molar-refractivity contribution in [1.29, 1.82) is 0 Å². The number of hydrogen-bond acceptors (Lipinski definition) is 3. The van der Waals surface area contributed by atoms with Crippen LogP contribution < -0.4 is 10.6 Å². The highest BCUT2D eigenvalue weighted by molar-refractivity contribution is 5.88. The van der Waals surface area contributed by atoms with Crippen molar-refractivity contribution in [2.45, 2.75) is 65.1 Å². The minimum absolute atomic E-state index is 0.0385. The van der Waals surface area contributed by atoms with Crippen molar-refractivity contribution in [2.75, 3.05) is 14.1 Å². The molecule has 0 saturated heterocycles. The van der Waals surface area contributed by atoms with E-state index in [1.165, 1.54) is 12.0 Å². The number of hydrogen-bond donors (Lipinski definition) is 2. The summed E-state index contributed by atoms with van der Waals surface area (Å²) < 4.78 is 0. The number of amides is 2. The fraction of sp³-hybridized carbons (Fsp3) is 0.636. The second-order valence-corrected chi connectivity index (χ2v) is 8.29. The largest absolute Gasteiger partial charge is 0.350 e. The van der Waals surface area contributed by atoms with Crippen molar-refractivity contribution >= 4 is 11.8 Å². The lowest BCUT2D eigenvalue weighted by molar-refractivity contribution is -0.132. The van der Waals surface area contributed by atoms with E-state index in [0.29, 0.717) is 6.54 Å². The van der Waals surface area contributed by atoms with Gasteiger partial charge in [0.25, 0.3) is 0 Å². The van der Waals surface area contributed by atoms with Crippen molar-refractivity contribution < 1.29 is 9.59 Å². The number of carbonyl (C=O) groups excluding carboxylic acids is 2. The van der Waals surface area contributed by atoms with E-state index < -0.39 is 6.04 Å². The number of nitrogens with zero attached hydrogens (tertiary/aromatic N) is 1. The maximum absolute atomic E-state index is 12.8. The van der Waals surface area contributed by atoms with Gasteiger partial charge in [-0.2, -0.15) is 0 Å². The summed E-state index contributed by atoms with van der Waals surface area (Å²) in [6, 6.07) is 7.66. The molecule has 0 radical (unpaired) electrons. The van der Waals surface area contributed by atoms with E-state index in [2.05, 4.69) is 21.6 Å². The first-order chi connectivity index (χ1) is 12.9. The van der Waals surface area contributed by atoms with Gasteiger partial charge in [-0.1, -0.05) is 57.4 Å². The van der Waals surface area contributed by atoms with Gasteiger partial charge in [-0.3, -0.25) is 9.59 Å². The second kappa shape index (κ2) is 10.5. The summed E-state index contributed by atoms with van der Waals surface area (Å²) in [6.07, 6.45) is 5.31. The topological polar surface area (TPSA) is 61.4 Å². The van der Waals surface area contributed by atoms with E-state index in [0.717, 1.165) is 37.8 Å². The zero-order valence-electron chi connectivity index (χ0n) is 17.3. The first-order valence-corrected chi connectivity index (χ1v) is 10.2. The molecule has 1 aromatic carbocycles. The van der Waals surface area contributed by atoms with Crippen LogP contribution in [-0.4, -0.2) is 36.9 Å². The van der Waals surface area contributed by atoms with Gasteiger partial charge in [-0.15, -0.1) is 0 Å². The maximum atomic E-state index is 12.8. The molecule has 27 heavy (non-hydrogen) atoms. The number of nitrogens with one attached hydrogen (secondary N) is 2. The van der Waals surface area contributed by atoms with Gasteiger partial charge in [0.2, 0.25) is 11.8 Å². The van der Waals surface area contributed by atoms with E-state index in [1.807, 2.05) is 46.1 Å². The van der Waals surface area contributed by atoms with Crippen LogP contribution in [0, 0.1) is 11.8 Å². The zero-order chi connectivity index (χ0) is 19.8. The minimum atomic E-state index is -0.486. The second-order valence-electron chi connectivity index (χ2n) is 8.29. The Bertz CT molecular complexity index is 622. The Kier molecular flexibility index (Phi) is 8.29. The Balaban J connectivity index is 1.96. The van der Waals surface area contributed by atoms with Gasteiger partial charge >= 0.3 is 0 Å². The summed E-state index contributed by atoms with van der Waals surface area (Å²) in [5, 5.41) is 6.04. The summed E-state index contributed by atoms with van der Waals surface area (Å²) >= 11 is 0. The molecule has 2 amide bonds. The van der Waals surface area contributed by atoms with E-state index in [-0.39, 0.29) is 23.7 Å². The summed E-state index contributed by atoms with van der Waals surface area (Å²) in [7, 11) is 4.07. The standard InChI is InChI=1S/C22H35N3O2/c1-16(2)20(24-21(26)17-10-6-5-7-11-17)22(27)23-14-18-12-8-9-13-19(18)15-25(3)4/h8-9,12-13,16-17,20H,5-7,10-11,14-15H2,1-4H3,(H,23,27)(H,24,26)/t20-/m1/s1. The molecule has 5 nitrogen and oxygen atoms in total. The number of rotatable bonds is 8. The third-order valence-electron chi connectivity index (χ3n) is 5.28. The van der Waals surface area contributed by atoms with Crippen LogP contribution in [0.15, 0.2) is 24.3 Å². The minimum Gasteiger partial charge on any atom is -0.350 e. The van der Waals surface area contributed by atoms with Crippen LogP contribution in [0.25, 0.3) is 0 Å². The normalized spacial score (nSPS) is 16.4. The molecule has 1 aliphatic carbocycles. The molecule has 0 unspecified atom stereocenters. The van der Waals surface area contributed by atoms with E-state index >= 15 is 0 Å². The molecular weight excluding hydrogens is 338 g/mol. The summed E-state index contributed by atoms with van der Waals surface area (Å²) in [5.74, 6) is 0.0496. The van der Waals surface area contributed by atoms with E-state index in [9.17, 15) is 9.59 Å². The lowest BCUT2D eigenvalue weighted by Gasteiger charge is -2.26. The van der Waals surface area contributed by atoms with Crippen LogP contribution in [0.5, 0.6) is 0 Å². The highest BCUT2D eigenvalue weighted by Gasteiger charge is 2.28. The first kappa shape index (κ1) is 21.4. The van der Waals surface area contributed by atoms with E-state index in [4.69, 9.17) is 0 Å². The molecule has 0 bridgehead atoms. The summed E-state index contributed by atoms with van der Waals surface area (Å²) in [5.41, 5.74) is 2.32. The third kappa shape index (κ3) is 6.65.